The second kappa shape index (κ2) is 6.53. The molecule has 0 heterocycles. The van der Waals surface area contributed by atoms with Gasteiger partial charge < -0.3 is 5.73 Å². The first-order valence-corrected chi connectivity index (χ1v) is 7.09. The minimum absolute atomic E-state index is 0.131. The Bertz CT molecular complexity index is 531. The van der Waals surface area contributed by atoms with Crippen LogP contribution in [0, 0.1) is 6.92 Å². The van der Waals surface area contributed by atoms with Crippen LogP contribution in [0.3, 0.4) is 0 Å². The van der Waals surface area contributed by atoms with Crippen LogP contribution in [0.1, 0.15) is 41.6 Å². The summed E-state index contributed by atoms with van der Waals surface area (Å²) in [5.41, 5.74) is 11.7. The van der Waals surface area contributed by atoms with Gasteiger partial charge in [0.05, 0.1) is 0 Å². The minimum Gasteiger partial charge on any atom is -0.324 e. The molecule has 0 spiro atoms. The van der Waals surface area contributed by atoms with Crippen molar-refractivity contribution in [3.63, 3.8) is 0 Å². The Hall–Kier alpha value is -1.60. The van der Waals surface area contributed by atoms with Crippen molar-refractivity contribution >= 4 is 0 Å². The van der Waals surface area contributed by atoms with Crippen LogP contribution < -0.4 is 5.73 Å². The lowest BCUT2D eigenvalue weighted by Gasteiger charge is -2.14. The predicted octanol–water partition coefficient (Wildman–Crippen LogP) is 4.19. The number of hydrogen-bond donors (Lipinski definition) is 1. The van der Waals surface area contributed by atoms with Crippen LogP contribution >= 0.6 is 0 Å². The average molecular weight is 253 g/mol. The standard InChI is InChI=1S/C18H23N/c1-3-15-8-6-10-17(13-15)18(19)12-11-16-9-5-4-7-14(16)2/h4-10,13,18H,3,11-12,19H2,1-2H3. The molecular weight excluding hydrogens is 230 g/mol. The van der Waals surface area contributed by atoms with Gasteiger partial charge in [0, 0.05) is 6.04 Å². The summed E-state index contributed by atoms with van der Waals surface area (Å²) in [4.78, 5) is 0. The zero-order chi connectivity index (χ0) is 13.7. The van der Waals surface area contributed by atoms with E-state index in [0.29, 0.717) is 0 Å². The van der Waals surface area contributed by atoms with E-state index in [0.717, 1.165) is 19.3 Å². The SMILES string of the molecule is CCc1cccc(C(N)CCc2ccccc2C)c1. The first kappa shape index (κ1) is 13.8. The average Bonchev–Trinajstić information content (AvgIpc) is 2.46. The fraction of sp³-hybridized carbons (Fsp3) is 0.333. The third-order valence-corrected chi connectivity index (χ3v) is 3.77. The molecule has 100 valence electrons. The summed E-state index contributed by atoms with van der Waals surface area (Å²) >= 11 is 0. The van der Waals surface area contributed by atoms with Crippen LogP contribution in [-0.4, -0.2) is 0 Å². The quantitative estimate of drug-likeness (QED) is 0.849. The molecule has 0 amide bonds. The van der Waals surface area contributed by atoms with E-state index >= 15 is 0 Å². The normalized spacial score (nSPS) is 12.4. The molecule has 0 saturated heterocycles. The van der Waals surface area contributed by atoms with E-state index in [1.54, 1.807) is 0 Å². The van der Waals surface area contributed by atoms with Crippen molar-refractivity contribution in [1.82, 2.24) is 0 Å². The molecule has 2 aromatic rings. The summed E-state index contributed by atoms with van der Waals surface area (Å²) < 4.78 is 0. The molecule has 2 N–H and O–H groups in total. The van der Waals surface area contributed by atoms with Gasteiger partial charge in [0.2, 0.25) is 0 Å². The van der Waals surface area contributed by atoms with Gasteiger partial charge in [0.25, 0.3) is 0 Å². The van der Waals surface area contributed by atoms with E-state index in [2.05, 4.69) is 62.4 Å². The summed E-state index contributed by atoms with van der Waals surface area (Å²) in [5.74, 6) is 0. The maximum absolute atomic E-state index is 6.32. The zero-order valence-electron chi connectivity index (χ0n) is 11.9. The van der Waals surface area contributed by atoms with Gasteiger partial charge in [0.15, 0.2) is 0 Å². The largest absolute Gasteiger partial charge is 0.324 e. The molecule has 0 aliphatic rings. The number of nitrogens with two attached hydrogens (primary N) is 1. The highest BCUT2D eigenvalue weighted by Crippen LogP contribution is 2.19. The molecular formula is C18H23N. The van der Waals surface area contributed by atoms with Gasteiger partial charge in [-0.25, -0.2) is 0 Å². The number of rotatable bonds is 5. The molecule has 2 aromatic carbocycles. The molecule has 1 heteroatoms. The predicted molar refractivity (Wildman–Crippen MR) is 82.2 cm³/mol. The molecule has 0 aliphatic carbocycles. The number of aryl methyl sites for hydroxylation is 3. The van der Waals surface area contributed by atoms with E-state index in [1.165, 1.54) is 22.3 Å². The Morgan fingerprint density at radius 1 is 1.05 bits per heavy atom. The van der Waals surface area contributed by atoms with Crippen molar-refractivity contribution in [2.45, 2.75) is 39.2 Å². The van der Waals surface area contributed by atoms with Gasteiger partial charge in [-0.1, -0.05) is 55.5 Å². The Balaban J connectivity index is 2.01. The van der Waals surface area contributed by atoms with Gasteiger partial charge >= 0.3 is 0 Å². The monoisotopic (exact) mass is 253 g/mol. The maximum Gasteiger partial charge on any atom is 0.0298 e. The van der Waals surface area contributed by atoms with Gasteiger partial charge in [0.1, 0.15) is 0 Å². The molecule has 2 rings (SSSR count). The zero-order valence-corrected chi connectivity index (χ0v) is 11.9. The summed E-state index contributed by atoms with van der Waals surface area (Å²) in [6, 6.07) is 17.3. The molecule has 1 unspecified atom stereocenters. The van der Waals surface area contributed by atoms with Crippen LogP contribution in [0.4, 0.5) is 0 Å². The van der Waals surface area contributed by atoms with Gasteiger partial charge in [-0.2, -0.15) is 0 Å². The molecule has 0 fully saturated rings. The van der Waals surface area contributed by atoms with Crippen LogP contribution in [0.15, 0.2) is 48.5 Å². The lowest BCUT2D eigenvalue weighted by Crippen LogP contribution is -2.11. The highest BCUT2D eigenvalue weighted by atomic mass is 14.6. The highest BCUT2D eigenvalue weighted by molar-refractivity contribution is 5.28. The summed E-state index contributed by atoms with van der Waals surface area (Å²) in [6.45, 7) is 4.34. The van der Waals surface area contributed by atoms with E-state index in [9.17, 15) is 0 Å². The van der Waals surface area contributed by atoms with Gasteiger partial charge in [-0.05, 0) is 48.4 Å². The molecule has 0 aromatic heterocycles. The van der Waals surface area contributed by atoms with E-state index in [1.807, 2.05) is 0 Å². The third-order valence-electron chi connectivity index (χ3n) is 3.77. The minimum atomic E-state index is 0.131. The fourth-order valence-corrected chi connectivity index (χ4v) is 2.41. The molecule has 0 radical (unpaired) electrons. The molecule has 0 aliphatic heterocycles. The summed E-state index contributed by atoms with van der Waals surface area (Å²) in [7, 11) is 0. The van der Waals surface area contributed by atoms with Crippen molar-refractivity contribution in [2.75, 3.05) is 0 Å². The Labute approximate surface area is 116 Å². The van der Waals surface area contributed by atoms with Crippen LogP contribution in [0.5, 0.6) is 0 Å². The number of benzene rings is 2. The second-order valence-electron chi connectivity index (χ2n) is 5.17. The van der Waals surface area contributed by atoms with E-state index in [4.69, 9.17) is 5.73 Å². The van der Waals surface area contributed by atoms with Crippen molar-refractivity contribution < 1.29 is 0 Å². The molecule has 0 saturated carbocycles. The Kier molecular flexibility index (Phi) is 4.75. The lowest BCUT2D eigenvalue weighted by atomic mass is 9.96. The van der Waals surface area contributed by atoms with E-state index < -0.39 is 0 Å². The van der Waals surface area contributed by atoms with Crippen LogP contribution in [0.2, 0.25) is 0 Å². The summed E-state index contributed by atoms with van der Waals surface area (Å²) in [6.07, 6.45) is 3.11. The Morgan fingerprint density at radius 3 is 2.58 bits per heavy atom. The number of hydrogen-bond acceptors (Lipinski definition) is 1. The lowest BCUT2D eigenvalue weighted by molar-refractivity contribution is 0.649. The van der Waals surface area contributed by atoms with Crippen molar-refractivity contribution in [1.29, 1.82) is 0 Å². The first-order chi connectivity index (χ1) is 9.20. The van der Waals surface area contributed by atoms with Crippen LogP contribution in [-0.2, 0) is 12.8 Å². The molecule has 19 heavy (non-hydrogen) atoms. The van der Waals surface area contributed by atoms with Gasteiger partial charge in [-0.15, -0.1) is 0 Å². The topological polar surface area (TPSA) is 26.0 Å². The van der Waals surface area contributed by atoms with Crippen molar-refractivity contribution in [2.24, 2.45) is 5.73 Å². The first-order valence-electron chi connectivity index (χ1n) is 7.09. The van der Waals surface area contributed by atoms with Crippen molar-refractivity contribution in [3.05, 3.63) is 70.8 Å². The summed E-state index contributed by atoms with van der Waals surface area (Å²) in [5, 5.41) is 0. The van der Waals surface area contributed by atoms with Gasteiger partial charge in [-0.3, -0.25) is 0 Å². The maximum atomic E-state index is 6.32. The van der Waals surface area contributed by atoms with Crippen molar-refractivity contribution in [3.8, 4) is 0 Å². The molecule has 0 bridgehead atoms. The Morgan fingerprint density at radius 2 is 1.84 bits per heavy atom. The molecule has 1 nitrogen and oxygen atoms in total. The highest BCUT2D eigenvalue weighted by Gasteiger charge is 2.07. The van der Waals surface area contributed by atoms with E-state index in [-0.39, 0.29) is 6.04 Å². The fourth-order valence-electron chi connectivity index (χ4n) is 2.41. The smallest absolute Gasteiger partial charge is 0.0298 e. The third kappa shape index (κ3) is 3.68. The van der Waals surface area contributed by atoms with Crippen LogP contribution in [0.25, 0.3) is 0 Å². The molecule has 1 atom stereocenters. The second-order valence-corrected chi connectivity index (χ2v) is 5.17.